The zero-order chi connectivity index (χ0) is 23.9. The summed E-state index contributed by atoms with van der Waals surface area (Å²) in [5.74, 6) is -0.685. The van der Waals surface area contributed by atoms with Gasteiger partial charge in [-0.05, 0) is 37.8 Å². The topological polar surface area (TPSA) is 120 Å². The Morgan fingerprint density at radius 2 is 2.09 bits per heavy atom. The van der Waals surface area contributed by atoms with Crippen molar-refractivity contribution in [3.05, 3.63) is 65.1 Å². The van der Waals surface area contributed by atoms with Crippen molar-refractivity contribution in [2.45, 2.75) is 37.9 Å². The van der Waals surface area contributed by atoms with Gasteiger partial charge in [0.25, 0.3) is 0 Å². The van der Waals surface area contributed by atoms with Gasteiger partial charge in [0.1, 0.15) is 11.4 Å². The first-order valence-corrected chi connectivity index (χ1v) is 10.7. The van der Waals surface area contributed by atoms with E-state index in [0.717, 1.165) is 0 Å². The number of carbonyl (C=O) groups is 2. The van der Waals surface area contributed by atoms with Crippen molar-refractivity contribution in [2.75, 3.05) is 5.32 Å². The van der Waals surface area contributed by atoms with Crippen LogP contribution in [-0.4, -0.2) is 28.7 Å². The average molecular weight is 470 g/mol. The Hall–Kier alpha value is -4.02. The van der Waals surface area contributed by atoms with Crippen molar-refractivity contribution in [2.24, 2.45) is 5.92 Å². The third-order valence-electron chi connectivity index (χ3n) is 6.30. The quantitative estimate of drug-likeness (QED) is 0.335. The van der Waals surface area contributed by atoms with Crippen molar-refractivity contribution in [3.63, 3.8) is 0 Å². The van der Waals surface area contributed by atoms with E-state index in [1.807, 2.05) is 0 Å². The maximum absolute atomic E-state index is 12.8. The summed E-state index contributed by atoms with van der Waals surface area (Å²) in [4.78, 5) is 25.1. The number of alkyl halides is 2. The zero-order valence-corrected chi connectivity index (χ0v) is 17.8. The largest absolute Gasteiger partial charge is 0.619 e. The molecule has 0 bridgehead atoms. The van der Waals surface area contributed by atoms with Crippen molar-refractivity contribution in [3.8, 4) is 17.0 Å². The molecule has 2 aromatic heterocycles. The highest BCUT2D eigenvalue weighted by Gasteiger charge is 2.50. The van der Waals surface area contributed by atoms with Gasteiger partial charge in [0.15, 0.2) is 18.2 Å². The first-order chi connectivity index (χ1) is 16.3. The summed E-state index contributed by atoms with van der Waals surface area (Å²) in [6, 6.07) is 9.20. The number of aromatic nitrogens is 3. The first kappa shape index (κ1) is 21.8. The number of nitrogens with zero attached hydrogens (tertiary/aromatic N) is 2. The number of amides is 1. The fourth-order valence-electron chi connectivity index (χ4n) is 4.63. The molecule has 34 heavy (non-hydrogen) atoms. The van der Waals surface area contributed by atoms with E-state index < -0.39 is 18.2 Å². The highest BCUT2D eigenvalue weighted by atomic mass is 19.3. The molecule has 1 spiro atoms. The van der Waals surface area contributed by atoms with Crippen LogP contribution in [0.1, 0.15) is 41.6 Å². The van der Waals surface area contributed by atoms with Crippen molar-refractivity contribution in [1.29, 1.82) is 0 Å². The fraction of sp³-hybridized carbons (Fsp3) is 0.304. The second-order valence-corrected chi connectivity index (χ2v) is 8.35. The van der Waals surface area contributed by atoms with E-state index >= 15 is 0 Å². The van der Waals surface area contributed by atoms with Crippen LogP contribution in [0.3, 0.4) is 0 Å². The van der Waals surface area contributed by atoms with E-state index in [1.54, 1.807) is 18.2 Å². The number of hydrogen-bond donors (Lipinski definition) is 2. The maximum Gasteiger partial charge on any atom is 0.387 e. The summed E-state index contributed by atoms with van der Waals surface area (Å²) in [5, 5.41) is 21.4. The predicted octanol–water partition coefficient (Wildman–Crippen LogP) is 3.51. The summed E-state index contributed by atoms with van der Waals surface area (Å²) in [6.07, 6.45) is 4.42. The molecule has 9 nitrogen and oxygen atoms in total. The number of H-pyrrole nitrogens is 1. The molecule has 0 radical (unpaired) electrons. The number of anilines is 1. The standard InChI is InChI=1S/C23H20F2N4O5/c24-22(25)33-15-3-1-2-14(10-15)18-11-19(28-27-18)26-20(30)13-4-7-23(8-5-13)17-12-29(32)9-6-16(17)21(31)34-23/h1-3,6,9-13,22H,4-5,7-8H2,(H2,26,27,28,30). The van der Waals surface area contributed by atoms with E-state index in [0.29, 0.717) is 58.6 Å². The van der Waals surface area contributed by atoms with Gasteiger partial charge in [-0.3, -0.25) is 9.89 Å². The number of ether oxygens (including phenoxy) is 2. The lowest BCUT2D eigenvalue weighted by Crippen LogP contribution is -2.37. The summed E-state index contributed by atoms with van der Waals surface area (Å²) in [7, 11) is 0. The van der Waals surface area contributed by atoms with Gasteiger partial charge in [-0.2, -0.15) is 18.6 Å². The molecule has 1 fully saturated rings. The molecule has 1 amide bonds. The number of fused-ring (bicyclic) bond motifs is 2. The minimum Gasteiger partial charge on any atom is -0.619 e. The van der Waals surface area contributed by atoms with Crippen LogP contribution in [0.25, 0.3) is 11.3 Å². The van der Waals surface area contributed by atoms with Gasteiger partial charge in [-0.15, -0.1) is 0 Å². The molecule has 2 N–H and O–H groups in total. The monoisotopic (exact) mass is 470 g/mol. The smallest absolute Gasteiger partial charge is 0.387 e. The molecule has 1 aromatic carbocycles. The van der Waals surface area contributed by atoms with Gasteiger partial charge in [0.05, 0.1) is 16.8 Å². The lowest BCUT2D eigenvalue weighted by Gasteiger charge is -2.35. The summed E-state index contributed by atoms with van der Waals surface area (Å²) in [6.45, 7) is -2.93. The zero-order valence-electron chi connectivity index (χ0n) is 17.8. The molecule has 11 heteroatoms. The van der Waals surface area contributed by atoms with Crippen LogP contribution in [0.15, 0.2) is 48.8 Å². The number of aromatic amines is 1. The maximum atomic E-state index is 12.8. The lowest BCUT2D eigenvalue weighted by atomic mass is 9.75. The lowest BCUT2D eigenvalue weighted by molar-refractivity contribution is -0.606. The van der Waals surface area contributed by atoms with Gasteiger partial charge in [-0.1, -0.05) is 12.1 Å². The van der Waals surface area contributed by atoms with Crippen LogP contribution >= 0.6 is 0 Å². The average Bonchev–Trinajstić information content (AvgIpc) is 3.37. The SMILES string of the molecule is O=C1OC2(CCC(C(=O)Nc3cc(-c4cccc(OC(F)F)c4)[nH]n3)CC2)c2c[n+]([O-])ccc21. The number of benzene rings is 1. The third-order valence-corrected chi connectivity index (χ3v) is 6.30. The highest BCUT2D eigenvalue weighted by Crippen LogP contribution is 2.47. The van der Waals surface area contributed by atoms with Crippen molar-refractivity contribution < 1.29 is 32.6 Å². The molecule has 1 saturated carbocycles. The van der Waals surface area contributed by atoms with Gasteiger partial charge in [-0.25, -0.2) is 4.79 Å². The van der Waals surface area contributed by atoms with E-state index in [9.17, 15) is 23.6 Å². The molecule has 1 aliphatic heterocycles. The van der Waals surface area contributed by atoms with Crippen LogP contribution in [0, 0.1) is 11.1 Å². The number of hydrogen-bond acceptors (Lipinski definition) is 6. The predicted molar refractivity (Wildman–Crippen MR) is 114 cm³/mol. The van der Waals surface area contributed by atoms with Gasteiger partial charge in [0.2, 0.25) is 5.91 Å². The van der Waals surface area contributed by atoms with E-state index in [-0.39, 0.29) is 17.6 Å². The van der Waals surface area contributed by atoms with E-state index in [1.165, 1.54) is 30.6 Å². The van der Waals surface area contributed by atoms with Gasteiger partial charge in [0, 0.05) is 23.6 Å². The molecule has 0 unspecified atom stereocenters. The Kier molecular flexibility index (Phi) is 5.39. The van der Waals surface area contributed by atoms with Gasteiger partial charge >= 0.3 is 12.6 Å². The number of rotatable bonds is 5. The summed E-state index contributed by atoms with van der Waals surface area (Å²) < 4.78 is 35.6. The number of halogens is 2. The molecule has 176 valence electrons. The third kappa shape index (κ3) is 4.04. The van der Waals surface area contributed by atoms with Crippen LogP contribution in [-0.2, 0) is 15.1 Å². The summed E-state index contributed by atoms with van der Waals surface area (Å²) >= 11 is 0. The highest BCUT2D eigenvalue weighted by molar-refractivity contribution is 5.95. The van der Waals surface area contributed by atoms with Crippen molar-refractivity contribution in [1.82, 2.24) is 10.2 Å². The number of nitrogens with one attached hydrogen (secondary N) is 2. The molecule has 3 heterocycles. The number of pyridine rings is 1. The second kappa shape index (κ2) is 8.40. The molecule has 3 aromatic rings. The van der Waals surface area contributed by atoms with E-state index in [2.05, 4.69) is 20.3 Å². The summed E-state index contributed by atoms with van der Waals surface area (Å²) in [5.41, 5.74) is 1.19. The number of carbonyl (C=O) groups excluding carboxylic acids is 2. The molecular formula is C23H20F2N4O5. The molecule has 2 aliphatic rings. The van der Waals surface area contributed by atoms with Crippen molar-refractivity contribution >= 4 is 17.7 Å². The minimum absolute atomic E-state index is 0.0144. The Bertz CT molecular complexity index is 1250. The second-order valence-electron chi connectivity index (χ2n) is 8.35. The van der Waals surface area contributed by atoms with E-state index in [4.69, 9.17) is 4.74 Å². The Morgan fingerprint density at radius 3 is 2.85 bits per heavy atom. The Labute approximate surface area is 192 Å². The van der Waals surface area contributed by atoms with Crippen LogP contribution in [0.2, 0.25) is 0 Å². The fourth-order valence-corrected chi connectivity index (χ4v) is 4.63. The molecule has 5 rings (SSSR count). The Balaban J connectivity index is 1.23. The normalized spacial score (nSPS) is 21.4. The Morgan fingerprint density at radius 1 is 1.29 bits per heavy atom. The molecule has 1 aliphatic carbocycles. The molecular weight excluding hydrogens is 450 g/mol. The van der Waals surface area contributed by atoms with Crippen LogP contribution < -0.4 is 14.8 Å². The van der Waals surface area contributed by atoms with Crippen LogP contribution in [0.5, 0.6) is 5.75 Å². The minimum atomic E-state index is -2.93. The molecule has 0 saturated heterocycles. The van der Waals surface area contributed by atoms with Gasteiger partial charge < -0.3 is 20.0 Å². The molecule has 0 atom stereocenters. The van der Waals surface area contributed by atoms with Crippen LogP contribution in [0.4, 0.5) is 14.6 Å². The number of esters is 1. The first-order valence-electron chi connectivity index (χ1n) is 10.7.